The summed E-state index contributed by atoms with van der Waals surface area (Å²) in [5.74, 6) is -0.210. The topological polar surface area (TPSA) is 23.6 Å². The Bertz CT molecular complexity index is 732. The Balaban J connectivity index is 1.79. The molecular weight excluding hydrogens is 315 g/mol. The van der Waals surface area contributed by atoms with E-state index >= 15 is 0 Å². The van der Waals surface area contributed by atoms with Crippen molar-refractivity contribution in [3.63, 3.8) is 0 Å². The Morgan fingerprint density at radius 3 is 2.43 bits per heavy atom. The third-order valence-electron chi connectivity index (χ3n) is 4.65. The lowest BCUT2D eigenvalue weighted by Gasteiger charge is -2.29. The number of hydrogen-bond acceptors (Lipinski definition) is 2. The van der Waals surface area contributed by atoms with E-state index in [4.69, 9.17) is 11.6 Å². The standard InChI is InChI=1S/C18H16ClFN2O/c19-13-5-3-12(4-6-13)17-21-11-1-2-16(21)18(23)22(17)15-9-7-14(20)8-10-15/h3-10,16-17H,1-2,11H2/t16-,17+/m0/s1. The molecule has 0 bridgehead atoms. The summed E-state index contributed by atoms with van der Waals surface area (Å²) in [7, 11) is 0. The number of amides is 1. The number of carbonyl (C=O) groups excluding carboxylic acids is 1. The summed E-state index contributed by atoms with van der Waals surface area (Å²) in [6, 6.07) is 13.6. The molecule has 2 aromatic rings. The maximum absolute atomic E-state index is 13.2. The van der Waals surface area contributed by atoms with Crippen LogP contribution in [0.25, 0.3) is 0 Å². The minimum Gasteiger partial charge on any atom is -0.291 e. The van der Waals surface area contributed by atoms with Gasteiger partial charge in [-0.25, -0.2) is 4.39 Å². The van der Waals surface area contributed by atoms with Crippen LogP contribution in [0, 0.1) is 5.82 Å². The van der Waals surface area contributed by atoms with Gasteiger partial charge in [0.05, 0.1) is 6.04 Å². The highest BCUT2D eigenvalue weighted by atomic mass is 35.5. The van der Waals surface area contributed by atoms with Crippen molar-refractivity contribution >= 4 is 23.2 Å². The normalized spacial score (nSPS) is 24.3. The van der Waals surface area contributed by atoms with E-state index in [1.165, 1.54) is 12.1 Å². The van der Waals surface area contributed by atoms with Crippen LogP contribution >= 0.6 is 11.6 Å². The minimum absolute atomic E-state index is 0.0827. The van der Waals surface area contributed by atoms with Crippen LogP contribution < -0.4 is 4.90 Å². The Morgan fingerprint density at radius 2 is 1.74 bits per heavy atom. The third kappa shape index (κ3) is 2.42. The molecule has 2 heterocycles. The molecule has 0 saturated carbocycles. The third-order valence-corrected chi connectivity index (χ3v) is 4.90. The highest BCUT2D eigenvalue weighted by Crippen LogP contribution is 2.42. The van der Waals surface area contributed by atoms with Crippen molar-refractivity contribution in [1.82, 2.24) is 4.90 Å². The lowest BCUT2D eigenvalue weighted by Crippen LogP contribution is -2.32. The van der Waals surface area contributed by atoms with E-state index in [-0.39, 0.29) is 23.9 Å². The molecule has 2 aliphatic rings. The van der Waals surface area contributed by atoms with Gasteiger partial charge in [0.1, 0.15) is 12.0 Å². The predicted molar refractivity (Wildman–Crippen MR) is 87.8 cm³/mol. The zero-order valence-corrected chi connectivity index (χ0v) is 13.2. The molecule has 5 heteroatoms. The quantitative estimate of drug-likeness (QED) is 0.831. The Labute approximate surface area is 139 Å². The zero-order valence-electron chi connectivity index (χ0n) is 12.5. The van der Waals surface area contributed by atoms with Crippen LogP contribution in [-0.2, 0) is 4.79 Å². The van der Waals surface area contributed by atoms with Crippen LogP contribution in [0.15, 0.2) is 48.5 Å². The molecule has 0 aromatic heterocycles. The van der Waals surface area contributed by atoms with E-state index < -0.39 is 0 Å². The summed E-state index contributed by atoms with van der Waals surface area (Å²) in [4.78, 5) is 16.9. The van der Waals surface area contributed by atoms with Crippen molar-refractivity contribution < 1.29 is 9.18 Å². The van der Waals surface area contributed by atoms with E-state index in [2.05, 4.69) is 4.90 Å². The predicted octanol–water partition coefficient (Wildman–Crippen LogP) is 3.99. The van der Waals surface area contributed by atoms with Gasteiger partial charge < -0.3 is 0 Å². The van der Waals surface area contributed by atoms with Gasteiger partial charge in [0.15, 0.2) is 0 Å². The van der Waals surface area contributed by atoms with Gasteiger partial charge >= 0.3 is 0 Å². The first kappa shape index (κ1) is 14.7. The summed E-state index contributed by atoms with van der Waals surface area (Å²) in [6.07, 6.45) is 1.75. The molecule has 3 nitrogen and oxygen atoms in total. The van der Waals surface area contributed by atoms with Crippen LogP contribution in [0.1, 0.15) is 24.6 Å². The molecule has 118 valence electrons. The van der Waals surface area contributed by atoms with Crippen LogP contribution in [0.4, 0.5) is 10.1 Å². The Morgan fingerprint density at radius 1 is 1.04 bits per heavy atom. The maximum Gasteiger partial charge on any atom is 0.246 e. The van der Waals surface area contributed by atoms with Gasteiger partial charge in [0, 0.05) is 17.3 Å². The summed E-state index contributed by atoms with van der Waals surface area (Å²) in [5.41, 5.74) is 1.75. The molecule has 2 saturated heterocycles. The fourth-order valence-corrected chi connectivity index (χ4v) is 3.75. The fraction of sp³-hybridized carbons (Fsp3) is 0.278. The molecule has 2 fully saturated rings. The minimum atomic E-state index is -0.302. The number of fused-ring (bicyclic) bond motifs is 1. The first-order valence-corrected chi connectivity index (χ1v) is 8.13. The number of carbonyl (C=O) groups is 1. The molecule has 1 amide bonds. The number of nitrogens with zero attached hydrogens (tertiary/aromatic N) is 2. The molecule has 0 N–H and O–H groups in total. The molecule has 0 spiro atoms. The Kier molecular flexibility index (Phi) is 3.58. The lowest BCUT2D eigenvalue weighted by atomic mass is 10.1. The summed E-state index contributed by atoms with van der Waals surface area (Å²) in [6.45, 7) is 0.890. The van der Waals surface area contributed by atoms with E-state index in [1.807, 2.05) is 24.3 Å². The van der Waals surface area contributed by atoms with Crippen molar-refractivity contribution in [3.05, 3.63) is 64.9 Å². The number of hydrogen-bond donors (Lipinski definition) is 0. The molecule has 2 aliphatic heterocycles. The van der Waals surface area contributed by atoms with Crippen LogP contribution in [-0.4, -0.2) is 23.4 Å². The fourth-order valence-electron chi connectivity index (χ4n) is 3.62. The number of halogens is 2. The van der Waals surface area contributed by atoms with Crippen LogP contribution in [0.2, 0.25) is 5.02 Å². The molecule has 23 heavy (non-hydrogen) atoms. The number of benzene rings is 2. The number of rotatable bonds is 2. The van der Waals surface area contributed by atoms with Gasteiger partial charge in [-0.3, -0.25) is 14.6 Å². The largest absolute Gasteiger partial charge is 0.291 e. The van der Waals surface area contributed by atoms with E-state index in [1.54, 1.807) is 17.0 Å². The summed E-state index contributed by atoms with van der Waals surface area (Å²) in [5, 5.41) is 0.671. The van der Waals surface area contributed by atoms with Gasteiger partial charge in [-0.2, -0.15) is 0 Å². The van der Waals surface area contributed by atoms with E-state index in [0.717, 1.165) is 30.6 Å². The second kappa shape index (κ2) is 5.62. The summed E-state index contributed by atoms with van der Waals surface area (Å²) >= 11 is 5.99. The second-order valence-electron chi connectivity index (χ2n) is 6.01. The van der Waals surface area contributed by atoms with E-state index in [9.17, 15) is 9.18 Å². The average Bonchev–Trinajstić information content (AvgIpc) is 3.12. The Hall–Kier alpha value is -1.91. The first-order chi connectivity index (χ1) is 11.1. The van der Waals surface area contributed by atoms with Crippen LogP contribution in [0.5, 0.6) is 0 Å². The second-order valence-corrected chi connectivity index (χ2v) is 6.44. The van der Waals surface area contributed by atoms with Gasteiger partial charge in [0.2, 0.25) is 5.91 Å². The lowest BCUT2D eigenvalue weighted by molar-refractivity contribution is -0.119. The van der Waals surface area contributed by atoms with Crippen LogP contribution in [0.3, 0.4) is 0 Å². The van der Waals surface area contributed by atoms with Gasteiger partial charge in [-0.1, -0.05) is 23.7 Å². The molecule has 0 aliphatic carbocycles. The average molecular weight is 331 g/mol. The highest BCUT2D eigenvalue weighted by Gasteiger charge is 2.49. The zero-order chi connectivity index (χ0) is 16.0. The molecule has 2 aromatic carbocycles. The first-order valence-electron chi connectivity index (χ1n) is 7.75. The van der Waals surface area contributed by atoms with Gasteiger partial charge in [-0.05, 0) is 54.8 Å². The smallest absolute Gasteiger partial charge is 0.246 e. The van der Waals surface area contributed by atoms with Gasteiger partial charge in [-0.15, -0.1) is 0 Å². The van der Waals surface area contributed by atoms with Crippen molar-refractivity contribution in [1.29, 1.82) is 0 Å². The molecule has 2 atom stereocenters. The monoisotopic (exact) mass is 330 g/mol. The van der Waals surface area contributed by atoms with Crippen molar-refractivity contribution in [2.24, 2.45) is 0 Å². The van der Waals surface area contributed by atoms with Crippen molar-refractivity contribution in [3.8, 4) is 0 Å². The van der Waals surface area contributed by atoms with E-state index in [0.29, 0.717) is 5.02 Å². The number of anilines is 1. The maximum atomic E-state index is 13.2. The SMILES string of the molecule is O=C1[C@@H]2CCCN2[C@@H](c2ccc(Cl)cc2)N1c1ccc(F)cc1. The molecular formula is C18H16ClFN2O. The van der Waals surface area contributed by atoms with Crippen molar-refractivity contribution in [2.45, 2.75) is 25.0 Å². The highest BCUT2D eigenvalue weighted by molar-refractivity contribution is 6.30. The molecule has 4 rings (SSSR count). The molecule has 0 radical (unpaired) electrons. The van der Waals surface area contributed by atoms with Crippen molar-refractivity contribution in [2.75, 3.05) is 11.4 Å². The molecule has 0 unspecified atom stereocenters. The summed E-state index contributed by atoms with van der Waals surface area (Å²) < 4.78 is 13.2. The van der Waals surface area contributed by atoms with Gasteiger partial charge in [0.25, 0.3) is 0 Å².